The summed E-state index contributed by atoms with van der Waals surface area (Å²) in [5, 5.41) is 15.4. The van der Waals surface area contributed by atoms with Crippen molar-refractivity contribution in [1.29, 1.82) is 0 Å². The monoisotopic (exact) mass is 474 g/mol. The van der Waals surface area contributed by atoms with Crippen molar-refractivity contribution in [3.63, 3.8) is 0 Å². The number of rotatable bonds is 5. The van der Waals surface area contributed by atoms with Crippen LogP contribution in [0.4, 0.5) is 10.2 Å². The number of hydrogen-bond acceptors (Lipinski definition) is 5. The highest BCUT2D eigenvalue weighted by atomic mass is 35.5. The molecule has 0 saturated heterocycles. The summed E-state index contributed by atoms with van der Waals surface area (Å²) in [6.45, 7) is 4.64. The molecule has 4 rings (SSSR count). The second kappa shape index (κ2) is 8.51. The molecule has 0 fully saturated rings. The van der Waals surface area contributed by atoms with Crippen molar-refractivity contribution < 1.29 is 14.3 Å². The fraction of sp³-hybridized carbons (Fsp3) is 0.364. The van der Waals surface area contributed by atoms with Gasteiger partial charge in [-0.25, -0.2) is 14.1 Å². The summed E-state index contributed by atoms with van der Waals surface area (Å²) in [4.78, 5) is 34.2. The SMILES string of the molecule is CCN1C[C@H](C)n2c(c(O)c3c(=O)n(Cc4ccc(F)c(Cl)c4)nc(/N=C\N(C)C)c32)C1=O. The van der Waals surface area contributed by atoms with E-state index in [1.165, 1.54) is 24.5 Å². The number of aromatic hydroxyl groups is 1. The Labute approximate surface area is 194 Å². The number of amides is 1. The van der Waals surface area contributed by atoms with Crippen molar-refractivity contribution in [3.05, 3.63) is 50.7 Å². The number of aliphatic imine (C=N–C) groups is 1. The van der Waals surface area contributed by atoms with Crippen molar-refractivity contribution in [2.45, 2.75) is 26.4 Å². The summed E-state index contributed by atoms with van der Waals surface area (Å²) in [7, 11) is 3.57. The van der Waals surface area contributed by atoms with Crippen molar-refractivity contribution >= 4 is 40.6 Å². The lowest BCUT2D eigenvalue weighted by atomic mass is 10.2. The molecule has 1 N–H and O–H groups in total. The van der Waals surface area contributed by atoms with Gasteiger partial charge < -0.3 is 19.5 Å². The van der Waals surface area contributed by atoms with Gasteiger partial charge in [0, 0.05) is 33.2 Å². The van der Waals surface area contributed by atoms with E-state index in [0.29, 0.717) is 24.2 Å². The molecule has 0 aliphatic carbocycles. The molecule has 1 aromatic carbocycles. The molecule has 0 radical (unpaired) electrons. The lowest BCUT2D eigenvalue weighted by molar-refractivity contribution is 0.0686. The van der Waals surface area contributed by atoms with Gasteiger partial charge >= 0.3 is 0 Å². The van der Waals surface area contributed by atoms with Crippen LogP contribution in [0.5, 0.6) is 5.75 Å². The maximum atomic E-state index is 13.6. The highest BCUT2D eigenvalue weighted by Gasteiger charge is 2.36. The largest absolute Gasteiger partial charge is 0.505 e. The fourth-order valence-corrected chi connectivity index (χ4v) is 4.26. The third-order valence-corrected chi connectivity index (χ3v) is 5.87. The van der Waals surface area contributed by atoms with Crippen LogP contribution in [0.2, 0.25) is 5.02 Å². The predicted molar refractivity (Wildman–Crippen MR) is 124 cm³/mol. The second-order valence-electron chi connectivity index (χ2n) is 8.23. The van der Waals surface area contributed by atoms with E-state index in [-0.39, 0.29) is 46.2 Å². The molecular formula is C22H24ClFN6O3. The number of halogens is 2. The van der Waals surface area contributed by atoms with Crippen LogP contribution in [0.25, 0.3) is 10.9 Å². The van der Waals surface area contributed by atoms with Crippen LogP contribution in [0.1, 0.15) is 35.9 Å². The topological polar surface area (TPSA) is 96.0 Å². The first kappa shape index (κ1) is 22.8. The first-order valence-corrected chi connectivity index (χ1v) is 10.8. The Hall–Kier alpha value is -3.40. The quantitative estimate of drug-likeness (QED) is 0.453. The number of carbonyl (C=O) groups excluding carboxylic acids is 1. The van der Waals surface area contributed by atoms with Crippen molar-refractivity contribution in [2.75, 3.05) is 27.2 Å². The zero-order chi connectivity index (χ0) is 24.0. The van der Waals surface area contributed by atoms with E-state index in [2.05, 4.69) is 10.1 Å². The molecule has 0 unspecified atom stereocenters. The van der Waals surface area contributed by atoms with Gasteiger partial charge in [0.05, 0.1) is 17.9 Å². The summed E-state index contributed by atoms with van der Waals surface area (Å²) >= 11 is 5.89. The third-order valence-electron chi connectivity index (χ3n) is 5.58. The van der Waals surface area contributed by atoms with Gasteiger partial charge in [0.2, 0.25) is 0 Å². The van der Waals surface area contributed by atoms with Crippen LogP contribution < -0.4 is 5.56 Å². The van der Waals surface area contributed by atoms with Gasteiger partial charge in [-0.2, -0.15) is 0 Å². The lowest BCUT2D eigenvalue weighted by Crippen LogP contribution is -2.41. The molecule has 9 nitrogen and oxygen atoms in total. The zero-order valence-corrected chi connectivity index (χ0v) is 19.5. The van der Waals surface area contributed by atoms with E-state index in [9.17, 15) is 19.1 Å². The van der Waals surface area contributed by atoms with Gasteiger partial charge in [0.1, 0.15) is 16.7 Å². The van der Waals surface area contributed by atoms with E-state index >= 15 is 0 Å². The Kier molecular flexibility index (Phi) is 5.87. The smallest absolute Gasteiger partial charge is 0.280 e. The summed E-state index contributed by atoms with van der Waals surface area (Å²) in [6, 6.07) is 3.91. The van der Waals surface area contributed by atoms with Crippen LogP contribution in [-0.4, -0.2) is 68.7 Å². The van der Waals surface area contributed by atoms with Gasteiger partial charge in [-0.3, -0.25) is 9.59 Å². The molecular weight excluding hydrogens is 451 g/mol. The fourth-order valence-electron chi connectivity index (χ4n) is 4.06. The minimum Gasteiger partial charge on any atom is -0.505 e. The van der Waals surface area contributed by atoms with Crippen LogP contribution >= 0.6 is 11.6 Å². The molecule has 1 aliphatic rings. The van der Waals surface area contributed by atoms with Gasteiger partial charge in [-0.15, -0.1) is 5.10 Å². The predicted octanol–water partition coefficient (Wildman–Crippen LogP) is 3.00. The summed E-state index contributed by atoms with van der Waals surface area (Å²) < 4.78 is 16.4. The first-order chi connectivity index (χ1) is 15.6. The standard InChI is InChI=1S/C22H24ClFN6O3/c1-5-28-9-12(2)30-17-16(19(31)18(30)22(28)33)21(32)29(26-20(17)25-11-27(3)4)10-13-6-7-15(24)14(23)8-13/h6-8,11-12,31H,5,9-10H2,1-4H3/b25-11-/t12-/m0/s1. The second-order valence-corrected chi connectivity index (χ2v) is 8.63. The molecule has 3 aromatic rings. The van der Waals surface area contributed by atoms with E-state index in [1.807, 2.05) is 13.8 Å². The molecule has 3 heterocycles. The van der Waals surface area contributed by atoms with Crippen molar-refractivity contribution in [3.8, 4) is 5.75 Å². The Bertz CT molecular complexity index is 1350. The van der Waals surface area contributed by atoms with Crippen molar-refractivity contribution in [1.82, 2.24) is 24.1 Å². The van der Waals surface area contributed by atoms with E-state index in [4.69, 9.17) is 11.6 Å². The molecule has 1 amide bonds. The average Bonchev–Trinajstić information content (AvgIpc) is 3.08. The lowest BCUT2D eigenvalue weighted by Gasteiger charge is -2.32. The van der Waals surface area contributed by atoms with Crippen LogP contribution in [0.3, 0.4) is 0 Å². The molecule has 2 aromatic heterocycles. The molecule has 1 atom stereocenters. The first-order valence-electron chi connectivity index (χ1n) is 10.5. The Morgan fingerprint density at radius 3 is 2.73 bits per heavy atom. The minimum atomic E-state index is -0.586. The summed E-state index contributed by atoms with van der Waals surface area (Å²) in [6.07, 6.45) is 1.52. The molecule has 174 valence electrons. The maximum absolute atomic E-state index is 13.6. The van der Waals surface area contributed by atoms with E-state index in [0.717, 1.165) is 4.68 Å². The van der Waals surface area contributed by atoms with Gasteiger partial charge in [0.15, 0.2) is 17.3 Å². The number of hydrogen-bond donors (Lipinski definition) is 1. The zero-order valence-electron chi connectivity index (χ0n) is 18.7. The highest BCUT2D eigenvalue weighted by Crippen LogP contribution is 2.39. The van der Waals surface area contributed by atoms with Crippen molar-refractivity contribution in [2.24, 2.45) is 4.99 Å². The maximum Gasteiger partial charge on any atom is 0.280 e. The Balaban J connectivity index is 2.00. The molecule has 1 aliphatic heterocycles. The Morgan fingerprint density at radius 2 is 2.09 bits per heavy atom. The van der Waals surface area contributed by atoms with Gasteiger partial charge in [-0.1, -0.05) is 17.7 Å². The number of benzene rings is 1. The van der Waals surface area contributed by atoms with Gasteiger partial charge in [-0.05, 0) is 31.5 Å². The van der Waals surface area contributed by atoms with E-state index < -0.39 is 11.4 Å². The summed E-state index contributed by atoms with van der Waals surface area (Å²) in [5.74, 6) is -1.14. The van der Waals surface area contributed by atoms with Gasteiger partial charge in [0.25, 0.3) is 11.5 Å². The molecule has 0 bridgehead atoms. The van der Waals surface area contributed by atoms with Crippen LogP contribution in [0.15, 0.2) is 28.0 Å². The number of fused-ring (bicyclic) bond motifs is 3. The number of nitrogens with zero attached hydrogens (tertiary/aromatic N) is 6. The summed E-state index contributed by atoms with van der Waals surface area (Å²) in [5.41, 5.74) is 0.309. The van der Waals surface area contributed by atoms with E-state index in [1.54, 1.807) is 28.5 Å². The minimum absolute atomic E-state index is 0.0240. The Morgan fingerprint density at radius 1 is 1.36 bits per heavy atom. The third kappa shape index (κ3) is 3.84. The number of likely N-dealkylation sites (N-methyl/N-ethyl adjacent to an activating group) is 1. The molecule has 0 saturated carbocycles. The normalized spacial score (nSPS) is 16.1. The molecule has 0 spiro atoms. The van der Waals surface area contributed by atoms with Crippen LogP contribution in [-0.2, 0) is 6.54 Å². The molecule has 33 heavy (non-hydrogen) atoms. The molecule has 11 heteroatoms. The van der Waals surface area contributed by atoms with Crippen LogP contribution in [0, 0.1) is 5.82 Å². The number of carbonyl (C=O) groups is 1. The average molecular weight is 475 g/mol. The number of aromatic nitrogens is 3. The highest BCUT2D eigenvalue weighted by molar-refractivity contribution is 6.30.